The number of allylic oxidation sites excluding steroid dienone is 4. The van der Waals surface area contributed by atoms with E-state index in [1.807, 2.05) is 12.2 Å². The lowest BCUT2D eigenvalue weighted by Gasteiger charge is -1.82. The Morgan fingerprint density at radius 3 is 2.27 bits per heavy atom. The van der Waals surface area contributed by atoms with Crippen LogP contribution < -0.4 is 0 Å². The maximum Gasteiger partial charge on any atom is 0.142 e. The highest BCUT2D eigenvalue weighted by atomic mass is 16.1. The van der Waals surface area contributed by atoms with Crippen molar-refractivity contribution >= 4 is 12.6 Å². The molecule has 0 N–H and O–H groups in total. The van der Waals surface area contributed by atoms with Gasteiger partial charge in [0.1, 0.15) is 12.6 Å². The second-order valence-electron chi connectivity index (χ2n) is 2.02. The Morgan fingerprint density at radius 2 is 1.64 bits per heavy atom. The van der Waals surface area contributed by atoms with Crippen molar-refractivity contribution in [2.24, 2.45) is 0 Å². The van der Waals surface area contributed by atoms with E-state index < -0.39 is 0 Å². The van der Waals surface area contributed by atoms with Crippen molar-refractivity contribution in [3.8, 4) is 0 Å². The number of rotatable bonds is 6. The summed E-state index contributed by atoms with van der Waals surface area (Å²) in [7, 11) is 0. The van der Waals surface area contributed by atoms with Gasteiger partial charge in [0.15, 0.2) is 0 Å². The van der Waals surface area contributed by atoms with Crippen molar-refractivity contribution in [2.45, 2.75) is 19.3 Å². The molecule has 0 aromatic rings. The van der Waals surface area contributed by atoms with Gasteiger partial charge in [-0.1, -0.05) is 18.2 Å². The fourth-order valence-corrected chi connectivity index (χ4v) is 0.614. The molecule has 0 rings (SSSR count). The summed E-state index contributed by atoms with van der Waals surface area (Å²) < 4.78 is 0. The molecule has 0 aliphatic carbocycles. The van der Waals surface area contributed by atoms with Crippen LogP contribution in [0.3, 0.4) is 0 Å². The molecule has 0 aromatic heterocycles. The lowest BCUT2D eigenvalue weighted by molar-refractivity contribution is -0.107. The Morgan fingerprint density at radius 1 is 0.909 bits per heavy atom. The van der Waals surface area contributed by atoms with Crippen molar-refractivity contribution in [3.05, 3.63) is 24.3 Å². The standard InChI is InChI=1S/C9H12O2/c10-8-6-4-2-1-3-5-7-9-11/h2,4-5,7-9H,1,3,6H2/b4-2+,7-5+. The fourth-order valence-electron chi connectivity index (χ4n) is 0.614. The number of carbonyl (C=O) groups is 2. The molecule has 0 aliphatic heterocycles. The molecule has 60 valence electrons. The van der Waals surface area contributed by atoms with Crippen molar-refractivity contribution in [1.82, 2.24) is 0 Å². The minimum absolute atomic E-state index is 0.484. The van der Waals surface area contributed by atoms with Crippen LogP contribution in [0.15, 0.2) is 24.3 Å². The van der Waals surface area contributed by atoms with Gasteiger partial charge in [0.2, 0.25) is 0 Å². The van der Waals surface area contributed by atoms with E-state index in [-0.39, 0.29) is 0 Å². The third kappa shape index (κ3) is 8.82. The van der Waals surface area contributed by atoms with E-state index in [1.54, 1.807) is 6.08 Å². The maximum absolute atomic E-state index is 9.83. The second kappa shape index (κ2) is 8.82. The van der Waals surface area contributed by atoms with Gasteiger partial charge in [-0.2, -0.15) is 0 Å². The average molecular weight is 152 g/mol. The van der Waals surface area contributed by atoms with Crippen molar-refractivity contribution < 1.29 is 9.59 Å². The summed E-state index contributed by atoms with van der Waals surface area (Å²) in [5.41, 5.74) is 0. The SMILES string of the molecule is O=C/C=C/CC/C=C/CC=O. The van der Waals surface area contributed by atoms with Crippen LogP contribution in [0.2, 0.25) is 0 Å². The molecule has 0 heterocycles. The zero-order valence-corrected chi connectivity index (χ0v) is 6.40. The quantitative estimate of drug-likeness (QED) is 0.251. The summed E-state index contributed by atoms with van der Waals surface area (Å²) in [4.78, 5) is 19.6. The van der Waals surface area contributed by atoms with Crippen LogP contribution in [0.4, 0.5) is 0 Å². The van der Waals surface area contributed by atoms with Crippen LogP contribution >= 0.6 is 0 Å². The Labute approximate surface area is 66.6 Å². The van der Waals surface area contributed by atoms with Gasteiger partial charge in [-0.15, -0.1) is 0 Å². The van der Waals surface area contributed by atoms with Gasteiger partial charge in [-0.25, -0.2) is 0 Å². The van der Waals surface area contributed by atoms with Crippen molar-refractivity contribution in [1.29, 1.82) is 0 Å². The van der Waals surface area contributed by atoms with Gasteiger partial charge >= 0.3 is 0 Å². The minimum Gasteiger partial charge on any atom is -0.303 e. The van der Waals surface area contributed by atoms with E-state index in [9.17, 15) is 9.59 Å². The van der Waals surface area contributed by atoms with E-state index in [1.165, 1.54) is 6.08 Å². The fraction of sp³-hybridized carbons (Fsp3) is 0.333. The summed E-state index contributed by atoms with van der Waals surface area (Å²) >= 11 is 0. The topological polar surface area (TPSA) is 34.1 Å². The molecule has 0 spiro atoms. The van der Waals surface area contributed by atoms with Gasteiger partial charge in [0.05, 0.1) is 0 Å². The van der Waals surface area contributed by atoms with Crippen LogP contribution in [0.25, 0.3) is 0 Å². The first-order valence-electron chi connectivity index (χ1n) is 3.60. The predicted molar refractivity (Wildman–Crippen MR) is 44.3 cm³/mol. The molecular weight excluding hydrogens is 140 g/mol. The van der Waals surface area contributed by atoms with Crippen LogP contribution in [0.5, 0.6) is 0 Å². The molecular formula is C9H12O2. The number of aldehydes is 2. The van der Waals surface area contributed by atoms with Gasteiger partial charge in [-0.3, -0.25) is 4.79 Å². The zero-order valence-electron chi connectivity index (χ0n) is 6.40. The molecule has 0 saturated heterocycles. The first-order chi connectivity index (χ1) is 5.41. The van der Waals surface area contributed by atoms with E-state index in [0.717, 1.165) is 25.4 Å². The van der Waals surface area contributed by atoms with Crippen LogP contribution in [0.1, 0.15) is 19.3 Å². The van der Waals surface area contributed by atoms with Gasteiger partial charge in [0.25, 0.3) is 0 Å². The van der Waals surface area contributed by atoms with Crippen LogP contribution in [0, 0.1) is 0 Å². The highest BCUT2D eigenvalue weighted by Gasteiger charge is 1.75. The molecule has 0 atom stereocenters. The van der Waals surface area contributed by atoms with E-state index in [0.29, 0.717) is 6.42 Å². The molecule has 2 heteroatoms. The van der Waals surface area contributed by atoms with Gasteiger partial charge < -0.3 is 4.79 Å². The first kappa shape index (κ1) is 9.82. The molecule has 0 saturated carbocycles. The molecule has 0 unspecified atom stereocenters. The summed E-state index contributed by atoms with van der Waals surface area (Å²) in [5, 5.41) is 0. The highest BCUT2D eigenvalue weighted by Crippen LogP contribution is 1.92. The Balaban J connectivity index is 3.19. The van der Waals surface area contributed by atoms with Crippen LogP contribution in [-0.2, 0) is 9.59 Å². The van der Waals surface area contributed by atoms with Crippen molar-refractivity contribution in [2.75, 3.05) is 0 Å². The normalized spacial score (nSPS) is 10.9. The number of hydrogen-bond donors (Lipinski definition) is 0. The summed E-state index contributed by atoms with van der Waals surface area (Å²) in [6, 6.07) is 0. The van der Waals surface area contributed by atoms with E-state index in [4.69, 9.17) is 0 Å². The molecule has 0 fully saturated rings. The zero-order chi connectivity index (χ0) is 8.36. The van der Waals surface area contributed by atoms with Gasteiger partial charge in [-0.05, 0) is 18.9 Å². The third-order valence-electron chi connectivity index (χ3n) is 1.11. The number of hydrogen-bond acceptors (Lipinski definition) is 2. The third-order valence-corrected chi connectivity index (χ3v) is 1.11. The predicted octanol–water partition coefficient (Wildman–Crippen LogP) is 1.67. The molecule has 2 nitrogen and oxygen atoms in total. The number of carbonyl (C=O) groups excluding carboxylic acids is 2. The van der Waals surface area contributed by atoms with E-state index in [2.05, 4.69) is 0 Å². The van der Waals surface area contributed by atoms with Gasteiger partial charge in [0, 0.05) is 6.42 Å². The lowest BCUT2D eigenvalue weighted by atomic mass is 10.2. The van der Waals surface area contributed by atoms with Crippen molar-refractivity contribution in [3.63, 3.8) is 0 Å². The maximum atomic E-state index is 9.83. The summed E-state index contributed by atoms with van der Waals surface area (Å²) in [6.07, 6.45) is 10.9. The Kier molecular flexibility index (Phi) is 7.87. The molecule has 0 aliphatic rings. The number of unbranched alkanes of at least 4 members (excludes halogenated alkanes) is 1. The first-order valence-corrected chi connectivity index (χ1v) is 3.60. The minimum atomic E-state index is 0.484. The molecule has 0 radical (unpaired) electrons. The average Bonchev–Trinajstić information content (AvgIpc) is 2.03. The Bertz CT molecular complexity index is 157. The summed E-state index contributed by atoms with van der Waals surface area (Å²) in [5.74, 6) is 0. The van der Waals surface area contributed by atoms with E-state index >= 15 is 0 Å². The molecule has 0 amide bonds. The monoisotopic (exact) mass is 152 g/mol. The largest absolute Gasteiger partial charge is 0.303 e. The van der Waals surface area contributed by atoms with Crippen LogP contribution in [-0.4, -0.2) is 12.6 Å². The lowest BCUT2D eigenvalue weighted by Crippen LogP contribution is -1.68. The highest BCUT2D eigenvalue weighted by molar-refractivity contribution is 5.64. The molecule has 11 heavy (non-hydrogen) atoms. The molecule has 0 bridgehead atoms. The summed E-state index contributed by atoms with van der Waals surface area (Å²) in [6.45, 7) is 0. The molecule has 0 aromatic carbocycles. The smallest absolute Gasteiger partial charge is 0.142 e. The second-order valence-corrected chi connectivity index (χ2v) is 2.02. The Hall–Kier alpha value is -1.18.